The van der Waals surface area contributed by atoms with Gasteiger partial charge in [-0.15, -0.1) is 0 Å². The quantitative estimate of drug-likeness (QED) is 0.851. The maximum absolute atomic E-state index is 5.56. The van der Waals surface area contributed by atoms with Gasteiger partial charge in [-0.25, -0.2) is 9.97 Å². The monoisotopic (exact) mass is 230 g/mol. The normalized spacial score (nSPS) is 10.7. The first kappa shape index (κ1) is 11.8. The van der Waals surface area contributed by atoms with Gasteiger partial charge < -0.3 is 10.6 Å². The number of anilines is 1. The lowest BCUT2D eigenvalue weighted by Crippen LogP contribution is -2.26. The van der Waals surface area contributed by atoms with Crippen molar-refractivity contribution in [1.29, 1.82) is 0 Å². The van der Waals surface area contributed by atoms with E-state index in [4.69, 9.17) is 5.73 Å². The summed E-state index contributed by atoms with van der Waals surface area (Å²) in [6.07, 6.45) is 2.61. The average Bonchev–Trinajstić information content (AvgIpc) is 2.40. The molecule has 1 heterocycles. The molecule has 4 nitrogen and oxygen atoms in total. The second kappa shape index (κ2) is 5.59. The van der Waals surface area contributed by atoms with Gasteiger partial charge in [0.25, 0.3) is 0 Å². The van der Waals surface area contributed by atoms with E-state index in [0.717, 1.165) is 36.2 Å². The van der Waals surface area contributed by atoms with E-state index in [9.17, 15) is 0 Å². The molecule has 0 aliphatic rings. The maximum Gasteiger partial charge on any atom is 0.139 e. The van der Waals surface area contributed by atoms with E-state index in [1.807, 2.05) is 18.2 Å². The van der Waals surface area contributed by atoms with Crippen molar-refractivity contribution in [3.63, 3.8) is 0 Å². The zero-order valence-corrected chi connectivity index (χ0v) is 10.1. The Morgan fingerprint density at radius 3 is 2.82 bits per heavy atom. The van der Waals surface area contributed by atoms with Crippen molar-refractivity contribution < 1.29 is 0 Å². The Bertz CT molecular complexity index is 478. The summed E-state index contributed by atoms with van der Waals surface area (Å²) in [4.78, 5) is 10.9. The zero-order chi connectivity index (χ0) is 12.1. The first-order valence-corrected chi connectivity index (χ1v) is 6.01. The van der Waals surface area contributed by atoms with E-state index in [1.165, 1.54) is 0 Å². The predicted octanol–water partition coefficient (Wildman–Crippen LogP) is 1.80. The lowest BCUT2D eigenvalue weighted by atomic mass is 10.2. The molecule has 2 rings (SSSR count). The van der Waals surface area contributed by atoms with E-state index in [0.29, 0.717) is 6.54 Å². The number of para-hydroxylation sites is 1. The fourth-order valence-corrected chi connectivity index (χ4v) is 1.94. The summed E-state index contributed by atoms with van der Waals surface area (Å²) >= 11 is 0. The predicted molar refractivity (Wildman–Crippen MR) is 71.1 cm³/mol. The van der Waals surface area contributed by atoms with Crippen LogP contribution in [0.4, 0.5) is 5.82 Å². The minimum atomic E-state index is 0.708. The third kappa shape index (κ3) is 2.53. The molecule has 0 aliphatic heterocycles. The minimum absolute atomic E-state index is 0.708. The highest BCUT2D eigenvalue weighted by molar-refractivity contribution is 5.89. The maximum atomic E-state index is 5.56. The van der Waals surface area contributed by atoms with Gasteiger partial charge >= 0.3 is 0 Å². The average molecular weight is 230 g/mol. The molecular formula is C13H18N4. The Morgan fingerprint density at radius 2 is 2.06 bits per heavy atom. The van der Waals surface area contributed by atoms with Crippen LogP contribution in [0.3, 0.4) is 0 Å². The van der Waals surface area contributed by atoms with Crippen molar-refractivity contribution in [2.24, 2.45) is 5.73 Å². The van der Waals surface area contributed by atoms with E-state index in [-0.39, 0.29) is 0 Å². The second-order valence-electron chi connectivity index (χ2n) is 3.94. The van der Waals surface area contributed by atoms with Crippen LogP contribution in [0.2, 0.25) is 0 Å². The third-order valence-corrected chi connectivity index (χ3v) is 2.84. The molecule has 0 fully saturated rings. The van der Waals surface area contributed by atoms with Crippen molar-refractivity contribution in [2.45, 2.75) is 13.3 Å². The van der Waals surface area contributed by atoms with Crippen LogP contribution in [0.25, 0.3) is 10.9 Å². The lowest BCUT2D eigenvalue weighted by molar-refractivity contribution is 0.747. The molecule has 90 valence electrons. The Hall–Kier alpha value is -1.68. The smallest absolute Gasteiger partial charge is 0.139 e. The van der Waals surface area contributed by atoms with Crippen molar-refractivity contribution in [1.82, 2.24) is 9.97 Å². The van der Waals surface area contributed by atoms with Crippen LogP contribution < -0.4 is 10.6 Å². The Balaban J connectivity index is 2.38. The molecule has 1 aromatic carbocycles. The van der Waals surface area contributed by atoms with E-state index in [2.05, 4.69) is 27.9 Å². The number of benzene rings is 1. The van der Waals surface area contributed by atoms with Gasteiger partial charge in [0.15, 0.2) is 0 Å². The molecule has 1 aromatic heterocycles. The van der Waals surface area contributed by atoms with Crippen LogP contribution in [0, 0.1) is 0 Å². The number of nitrogens with two attached hydrogens (primary N) is 1. The van der Waals surface area contributed by atoms with E-state index in [1.54, 1.807) is 6.33 Å². The summed E-state index contributed by atoms with van der Waals surface area (Å²) < 4.78 is 0. The van der Waals surface area contributed by atoms with Gasteiger partial charge in [-0.2, -0.15) is 0 Å². The van der Waals surface area contributed by atoms with Crippen molar-refractivity contribution in [2.75, 3.05) is 24.5 Å². The van der Waals surface area contributed by atoms with E-state index >= 15 is 0 Å². The fraction of sp³-hybridized carbons (Fsp3) is 0.385. The first-order chi connectivity index (χ1) is 8.36. The number of nitrogens with zero attached hydrogens (tertiary/aromatic N) is 3. The summed E-state index contributed by atoms with van der Waals surface area (Å²) in [6, 6.07) is 8.09. The molecule has 17 heavy (non-hydrogen) atoms. The van der Waals surface area contributed by atoms with Crippen molar-refractivity contribution >= 4 is 16.7 Å². The molecule has 0 spiro atoms. The fourth-order valence-electron chi connectivity index (χ4n) is 1.94. The molecule has 0 atom stereocenters. The highest BCUT2D eigenvalue weighted by Gasteiger charge is 2.09. The van der Waals surface area contributed by atoms with Gasteiger partial charge in [-0.05, 0) is 32.0 Å². The lowest BCUT2D eigenvalue weighted by Gasteiger charge is -2.22. The Morgan fingerprint density at radius 1 is 1.24 bits per heavy atom. The zero-order valence-electron chi connectivity index (χ0n) is 10.1. The van der Waals surface area contributed by atoms with Crippen LogP contribution in [-0.4, -0.2) is 29.6 Å². The summed E-state index contributed by atoms with van der Waals surface area (Å²) in [5.74, 6) is 1.01. The van der Waals surface area contributed by atoms with Crippen LogP contribution >= 0.6 is 0 Å². The van der Waals surface area contributed by atoms with Crippen LogP contribution in [0.5, 0.6) is 0 Å². The van der Waals surface area contributed by atoms with Gasteiger partial charge in [-0.3, -0.25) is 0 Å². The van der Waals surface area contributed by atoms with Crippen molar-refractivity contribution in [3.05, 3.63) is 30.6 Å². The van der Waals surface area contributed by atoms with Crippen LogP contribution in [0.15, 0.2) is 30.6 Å². The molecule has 0 saturated heterocycles. The molecule has 0 amide bonds. The highest BCUT2D eigenvalue weighted by Crippen LogP contribution is 2.22. The minimum Gasteiger partial charge on any atom is -0.356 e. The molecule has 0 radical (unpaired) electrons. The third-order valence-electron chi connectivity index (χ3n) is 2.84. The molecule has 4 heteroatoms. The van der Waals surface area contributed by atoms with Gasteiger partial charge in [0.05, 0.1) is 5.52 Å². The summed E-state index contributed by atoms with van der Waals surface area (Å²) in [5, 5.41) is 1.11. The molecule has 0 unspecified atom stereocenters. The first-order valence-electron chi connectivity index (χ1n) is 6.01. The Kier molecular flexibility index (Phi) is 3.88. The van der Waals surface area contributed by atoms with Gasteiger partial charge in [0.2, 0.25) is 0 Å². The number of hydrogen-bond donors (Lipinski definition) is 1. The largest absolute Gasteiger partial charge is 0.356 e. The standard InChI is InChI=1S/C13H18N4/c1-2-17(9-5-8-14)13-11-6-3-4-7-12(11)15-10-16-13/h3-4,6-7,10H,2,5,8-9,14H2,1H3. The highest BCUT2D eigenvalue weighted by atomic mass is 15.2. The number of rotatable bonds is 5. The van der Waals surface area contributed by atoms with E-state index < -0.39 is 0 Å². The Labute approximate surface area is 101 Å². The van der Waals surface area contributed by atoms with Gasteiger partial charge in [-0.1, -0.05) is 12.1 Å². The molecule has 2 aromatic rings. The molecule has 0 aliphatic carbocycles. The van der Waals surface area contributed by atoms with Gasteiger partial charge in [0.1, 0.15) is 12.1 Å². The summed E-state index contributed by atoms with van der Waals surface area (Å²) in [6.45, 7) is 4.71. The topological polar surface area (TPSA) is 55.0 Å². The number of aromatic nitrogens is 2. The number of fused-ring (bicyclic) bond motifs is 1. The second-order valence-corrected chi connectivity index (χ2v) is 3.94. The van der Waals surface area contributed by atoms with Crippen LogP contribution in [0.1, 0.15) is 13.3 Å². The number of hydrogen-bond acceptors (Lipinski definition) is 4. The van der Waals surface area contributed by atoms with Crippen molar-refractivity contribution in [3.8, 4) is 0 Å². The summed E-state index contributed by atoms with van der Waals surface area (Å²) in [5.41, 5.74) is 6.55. The SMILES string of the molecule is CCN(CCCN)c1ncnc2ccccc12. The summed E-state index contributed by atoms with van der Waals surface area (Å²) in [7, 11) is 0. The molecule has 0 bridgehead atoms. The molecular weight excluding hydrogens is 212 g/mol. The molecule has 0 saturated carbocycles. The van der Waals surface area contributed by atoms with Crippen LogP contribution in [-0.2, 0) is 0 Å². The van der Waals surface area contributed by atoms with Gasteiger partial charge in [0, 0.05) is 18.5 Å². The molecule has 2 N–H and O–H groups in total.